The van der Waals surface area contributed by atoms with Gasteiger partial charge in [0.1, 0.15) is 0 Å². The van der Waals surface area contributed by atoms with E-state index in [-0.39, 0.29) is 0 Å². The van der Waals surface area contributed by atoms with Gasteiger partial charge in [0.25, 0.3) is 0 Å². The van der Waals surface area contributed by atoms with Crippen LogP contribution in [0.25, 0.3) is 0 Å². The Labute approximate surface area is 104 Å². The zero-order chi connectivity index (χ0) is 11.7. The maximum Gasteiger partial charge on any atom is 0.0465 e. The van der Waals surface area contributed by atoms with Gasteiger partial charge in [0, 0.05) is 6.61 Å². The van der Waals surface area contributed by atoms with Crippen LogP contribution in [0.3, 0.4) is 0 Å². The van der Waals surface area contributed by atoms with Crippen LogP contribution >= 0.6 is 0 Å². The molecule has 0 radical (unpaired) electrons. The predicted molar refractivity (Wildman–Crippen MR) is 69.7 cm³/mol. The molecule has 2 aliphatic carbocycles. The van der Waals surface area contributed by atoms with Gasteiger partial charge >= 0.3 is 0 Å². The SMILES string of the molecule is OCC(Cc1ccccc1)C1CC2CCC1C2. The van der Waals surface area contributed by atoms with E-state index in [0.29, 0.717) is 12.5 Å². The molecule has 1 aromatic rings. The maximum atomic E-state index is 9.68. The van der Waals surface area contributed by atoms with Crippen molar-refractivity contribution in [2.75, 3.05) is 6.61 Å². The third-order valence-electron chi connectivity index (χ3n) is 4.97. The van der Waals surface area contributed by atoms with Crippen LogP contribution in [0, 0.1) is 23.7 Å². The van der Waals surface area contributed by atoms with Crippen molar-refractivity contribution in [3.63, 3.8) is 0 Å². The lowest BCUT2D eigenvalue weighted by Gasteiger charge is -2.29. The van der Waals surface area contributed by atoms with Crippen molar-refractivity contribution in [2.24, 2.45) is 23.7 Å². The molecule has 0 aliphatic heterocycles. The molecule has 3 rings (SSSR count). The fourth-order valence-electron chi connectivity index (χ4n) is 4.14. The van der Waals surface area contributed by atoms with Gasteiger partial charge in [-0.3, -0.25) is 0 Å². The summed E-state index contributed by atoms with van der Waals surface area (Å²) in [5.41, 5.74) is 1.38. The molecule has 4 atom stereocenters. The van der Waals surface area contributed by atoms with Crippen molar-refractivity contribution in [2.45, 2.75) is 32.1 Å². The minimum Gasteiger partial charge on any atom is -0.396 e. The smallest absolute Gasteiger partial charge is 0.0465 e. The Hall–Kier alpha value is -0.820. The Bertz CT molecular complexity index is 359. The maximum absolute atomic E-state index is 9.68. The molecule has 92 valence electrons. The van der Waals surface area contributed by atoms with Crippen molar-refractivity contribution in [1.82, 2.24) is 0 Å². The van der Waals surface area contributed by atoms with E-state index in [9.17, 15) is 5.11 Å². The van der Waals surface area contributed by atoms with E-state index >= 15 is 0 Å². The van der Waals surface area contributed by atoms with Gasteiger partial charge in [-0.2, -0.15) is 0 Å². The minimum absolute atomic E-state index is 0.364. The van der Waals surface area contributed by atoms with E-state index in [1.807, 2.05) is 0 Å². The normalized spacial score (nSPS) is 32.9. The summed E-state index contributed by atoms with van der Waals surface area (Å²) < 4.78 is 0. The molecule has 17 heavy (non-hydrogen) atoms. The lowest BCUT2D eigenvalue weighted by atomic mass is 9.77. The molecule has 2 aliphatic rings. The molecule has 1 heteroatoms. The Balaban J connectivity index is 1.68. The van der Waals surface area contributed by atoms with Crippen LogP contribution in [0.2, 0.25) is 0 Å². The lowest BCUT2D eigenvalue weighted by Crippen LogP contribution is -2.25. The summed E-state index contributed by atoms with van der Waals surface area (Å²) in [7, 11) is 0. The second-order valence-electron chi connectivity index (χ2n) is 5.97. The number of aliphatic hydroxyl groups is 1. The highest BCUT2D eigenvalue weighted by molar-refractivity contribution is 5.15. The molecule has 0 heterocycles. The number of benzene rings is 1. The number of rotatable bonds is 4. The summed E-state index contributed by atoms with van der Waals surface area (Å²) in [5, 5.41) is 9.68. The fraction of sp³-hybridized carbons (Fsp3) is 0.625. The molecule has 1 nitrogen and oxygen atoms in total. The van der Waals surface area contributed by atoms with Gasteiger partial charge in [-0.1, -0.05) is 36.8 Å². The average molecular weight is 230 g/mol. The summed E-state index contributed by atoms with van der Waals surface area (Å²) in [6, 6.07) is 10.6. The van der Waals surface area contributed by atoms with Crippen molar-refractivity contribution in [3.05, 3.63) is 35.9 Å². The molecule has 4 unspecified atom stereocenters. The molecule has 2 fully saturated rings. The highest BCUT2D eigenvalue weighted by Crippen LogP contribution is 2.51. The van der Waals surface area contributed by atoms with E-state index in [1.165, 1.54) is 31.2 Å². The minimum atomic E-state index is 0.364. The van der Waals surface area contributed by atoms with Crippen molar-refractivity contribution >= 4 is 0 Å². The van der Waals surface area contributed by atoms with E-state index in [1.54, 1.807) is 0 Å². The molecule has 2 saturated carbocycles. The van der Waals surface area contributed by atoms with Gasteiger partial charge in [0.15, 0.2) is 0 Å². The number of aliphatic hydroxyl groups excluding tert-OH is 1. The molecule has 0 aromatic heterocycles. The van der Waals surface area contributed by atoms with Crippen LogP contribution in [0.1, 0.15) is 31.2 Å². The van der Waals surface area contributed by atoms with Crippen LogP contribution in [0.5, 0.6) is 0 Å². The summed E-state index contributed by atoms with van der Waals surface area (Å²) in [4.78, 5) is 0. The first-order valence-corrected chi connectivity index (χ1v) is 7.01. The van der Waals surface area contributed by atoms with E-state index in [4.69, 9.17) is 0 Å². The first-order chi connectivity index (χ1) is 8.36. The van der Waals surface area contributed by atoms with Gasteiger partial charge in [-0.05, 0) is 54.9 Å². The standard InChI is InChI=1S/C16H22O/c17-11-15(8-12-4-2-1-3-5-12)16-10-13-6-7-14(16)9-13/h1-5,13-17H,6-11H2. The largest absolute Gasteiger partial charge is 0.396 e. The van der Waals surface area contributed by atoms with Crippen LogP contribution in [0.4, 0.5) is 0 Å². The predicted octanol–water partition coefficient (Wildman–Crippen LogP) is 3.27. The molecular formula is C16H22O. The Kier molecular flexibility index (Phi) is 3.19. The topological polar surface area (TPSA) is 20.2 Å². The second-order valence-corrected chi connectivity index (χ2v) is 5.97. The Morgan fingerprint density at radius 2 is 1.94 bits per heavy atom. The third kappa shape index (κ3) is 2.26. The molecule has 0 saturated heterocycles. The second kappa shape index (κ2) is 4.81. The highest BCUT2D eigenvalue weighted by atomic mass is 16.3. The first-order valence-electron chi connectivity index (χ1n) is 7.01. The van der Waals surface area contributed by atoms with Crippen molar-refractivity contribution in [3.8, 4) is 0 Å². The van der Waals surface area contributed by atoms with Crippen molar-refractivity contribution < 1.29 is 5.11 Å². The fourth-order valence-corrected chi connectivity index (χ4v) is 4.14. The summed E-state index contributed by atoms with van der Waals surface area (Å²) in [6.45, 7) is 0.364. The van der Waals surface area contributed by atoms with E-state index < -0.39 is 0 Å². The van der Waals surface area contributed by atoms with Crippen LogP contribution in [0.15, 0.2) is 30.3 Å². The Morgan fingerprint density at radius 1 is 1.12 bits per heavy atom. The van der Waals surface area contributed by atoms with Crippen LogP contribution < -0.4 is 0 Å². The van der Waals surface area contributed by atoms with Crippen LogP contribution in [-0.2, 0) is 6.42 Å². The van der Waals surface area contributed by atoms with Gasteiger partial charge in [0.2, 0.25) is 0 Å². The van der Waals surface area contributed by atoms with Crippen molar-refractivity contribution in [1.29, 1.82) is 0 Å². The van der Waals surface area contributed by atoms with Gasteiger partial charge in [-0.25, -0.2) is 0 Å². The third-order valence-corrected chi connectivity index (χ3v) is 4.97. The molecule has 0 spiro atoms. The summed E-state index contributed by atoms with van der Waals surface area (Å²) in [6.07, 6.45) is 6.75. The zero-order valence-electron chi connectivity index (χ0n) is 10.4. The molecular weight excluding hydrogens is 208 g/mol. The molecule has 2 bridgehead atoms. The summed E-state index contributed by atoms with van der Waals surface area (Å²) >= 11 is 0. The molecule has 1 aromatic carbocycles. The van der Waals surface area contributed by atoms with E-state index in [2.05, 4.69) is 30.3 Å². The first kappa shape index (κ1) is 11.3. The summed E-state index contributed by atoms with van der Waals surface area (Å²) in [5.74, 6) is 3.18. The molecule has 1 N–H and O–H groups in total. The van der Waals surface area contributed by atoms with Gasteiger partial charge in [0.05, 0.1) is 0 Å². The molecule has 0 amide bonds. The number of hydrogen-bond donors (Lipinski definition) is 1. The highest BCUT2D eigenvalue weighted by Gasteiger charge is 2.42. The Morgan fingerprint density at radius 3 is 2.53 bits per heavy atom. The number of fused-ring (bicyclic) bond motifs is 2. The van der Waals surface area contributed by atoms with Crippen LogP contribution in [-0.4, -0.2) is 11.7 Å². The number of hydrogen-bond acceptors (Lipinski definition) is 1. The van der Waals surface area contributed by atoms with E-state index in [0.717, 1.165) is 24.2 Å². The van der Waals surface area contributed by atoms with Gasteiger partial charge < -0.3 is 5.11 Å². The lowest BCUT2D eigenvalue weighted by molar-refractivity contribution is 0.136. The zero-order valence-corrected chi connectivity index (χ0v) is 10.4. The van der Waals surface area contributed by atoms with Gasteiger partial charge in [-0.15, -0.1) is 0 Å². The average Bonchev–Trinajstić information content (AvgIpc) is 2.99. The monoisotopic (exact) mass is 230 g/mol. The quantitative estimate of drug-likeness (QED) is 0.841.